The molecule has 0 radical (unpaired) electrons. The van der Waals surface area contributed by atoms with E-state index in [0.29, 0.717) is 22.3 Å². The summed E-state index contributed by atoms with van der Waals surface area (Å²) in [4.78, 5) is 7.69. The van der Waals surface area contributed by atoms with Crippen LogP contribution in [0.5, 0.6) is 11.6 Å². The molecule has 6 nitrogen and oxygen atoms in total. The number of hydrogen-bond donors (Lipinski definition) is 0. The van der Waals surface area contributed by atoms with Gasteiger partial charge in [0.15, 0.2) is 0 Å². The minimum absolute atomic E-state index is 0.166. The van der Waals surface area contributed by atoms with Crippen LogP contribution in [0.3, 0.4) is 0 Å². The van der Waals surface area contributed by atoms with E-state index in [1.165, 1.54) is 74.0 Å². The van der Waals surface area contributed by atoms with Crippen molar-refractivity contribution in [2.75, 3.05) is 11.4 Å². The summed E-state index contributed by atoms with van der Waals surface area (Å²) >= 11 is 0. The summed E-state index contributed by atoms with van der Waals surface area (Å²) in [5.41, 5.74) is 0.831. The smallest absolute Gasteiger partial charge is 0.266 e. The number of halogens is 2. The highest BCUT2D eigenvalue weighted by atomic mass is 32.2. The second-order valence-electron chi connectivity index (χ2n) is 6.34. The molecule has 0 aliphatic heterocycles. The van der Waals surface area contributed by atoms with Crippen molar-refractivity contribution in [3.05, 3.63) is 84.7 Å². The summed E-state index contributed by atoms with van der Waals surface area (Å²) in [5.74, 6) is -0.746. The quantitative estimate of drug-likeness (QED) is 0.468. The predicted octanol–water partition coefficient (Wildman–Crippen LogP) is 4.53. The maximum Gasteiger partial charge on any atom is 0.266 e. The first-order valence-electron chi connectivity index (χ1n) is 8.78. The Bertz CT molecular complexity index is 1330. The van der Waals surface area contributed by atoms with E-state index < -0.39 is 26.6 Å². The van der Waals surface area contributed by atoms with Gasteiger partial charge in [0.05, 0.1) is 16.6 Å². The van der Waals surface area contributed by atoms with Gasteiger partial charge >= 0.3 is 0 Å². The fourth-order valence-corrected chi connectivity index (χ4v) is 4.12. The fourth-order valence-electron chi connectivity index (χ4n) is 2.86. The Balaban J connectivity index is 1.61. The van der Waals surface area contributed by atoms with Gasteiger partial charge in [-0.3, -0.25) is 4.31 Å². The predicted molar refractivity (Wildman–Crippen MR) is 108 cm³/mol. The molecule has 0 saturated heterocycles. The maximum absolute atomic E-state index is 14.0. The number of ether oxygens (including phenoxy) is 1. The lowest BCUT2D eigenvalue weighted by Crippen LogP contribution is -2.27. The van der Waals surface area contributed by atoms with Crippen LogP contribution in [0.2, 0.25) is 0 Å². The van der Waals surface area contributed by atoms with E-state index in [2.05, 4.69) is 9.97 Å². The summed E-state index contributed by atoms with van der Waals surface area (Å²) in [6.07, 6.45) is 1.30. The number of rotatable bonds is 5. The van der Waals surface area contributed by atoms with E-state index >= 15 is 0 Å². The first-order chi connectivity index (χ1) is 14.4. The summed E-state index contributed by atoms with van der Waals surface area (Å²) in [6, 6.07) is 15.4. The van der Waals surface area contributed by atoms with E-state index in [9.17, 15) is 17.2 Å². The molecule has 30 heavy (non-hydrogen) atoms. The molecule has 4 aromatic rings. The molecule has 0 unspecified atom stereocenters. The van der Waals surface area contributed by atoms with Gasteiger partial charge in [-0.05, 0) is 54.6 Å². The number of hydrogen-bond acceptors (Lipinski definition) is 5. The van der Waals surface area contributed by atoms with Gasteiger partial charge in [0, 0.05) is 7.05 Å². The lowest BCUT2D eigenvalue weighted by atomic mass is 10.2. The van der Waals surface area contributed by atoms with Crippen LogP contribution in [0, 0.1) is 11.6 Å². The highest BCUT2D eigenvalue weighted by Gasteiger charge is 2.24. The molecule has 9 heteroatoms. The van der Waals surface area contributed by atoms with Crippen molar-refractivity contribution in [3.63, 3.8) is 0 Å². The van der Waals surface area contributed by atoms with E-state index in [1.54, 1.807) is 0 Å². The summed E-state index contributed by atoms with van der Waals surface area (Å²) < 4.78 is 59.7. The Morgan fingerprint density at radius 1 is 0.933 bits per heavy atom. The van der Waals surface area contributed by atoms with Crippen molar-refractivity contribution in [1.82, 2.24) is 9.97 Å². The van der Waals surface area contributed by atoms with Gasteiger partial charge in [0.2, 0.25) is 5.88 Å². The molecule has 1 heterocycles. The molecule has 0 aliphatic carbocycles. The Morgan fingerprint density at radius 2 is 1.67 bits per heavy atom. The lowest BCUT2D eigenvalue weighted by molar-refractivity contribution is 0.468. The molecule has 0 bridgehead atoms. The van der Waals surface area contributed by atoms with Crippen LogP contribution < -0.4 is 9.04 Å². The van der Waals surface area contributed by atoms with Crippen molar-refractivity contribution in [2.45, 2.75) is 4.90 Å². The number of nitrogens with zero attached hydrogens (tertiary/aromatic N) is 3. The Morgan fingerprint density at radius 3 is 2.40 bits per heavy atom. The zero-order valence-corrected chi connectivity index (χ0v) is 16.5. The van der Waals surface area contributed by atoms with Gasteiger partial charge in [0.25, 0.3) is 10.0 Å². The number of aromatic nitrogens is 2. The summed E-state index contributed by atoms with van der Waals surface area (Å²) in [7, 11) is -2.74. The Labute approximate surface area is 171 Å². The largest absolute Gasteiger partial charge is 0.438 e. The third kappa shape index (κ3) is 3.67. The molecule has 1 aromatic heterocycles. The van der Waals surface area contributed by atoms with Crippen LogP contribution in [0.15, 0.2) is 78.0 Å². The van der Waals surface area contributed by atoms with Crippen LogP contribution in [0.1, 0.15) is 0 Å². The molecule has 0 atom stereocenters. The molecule has 0 spiro atoms. The number of sulfonamides is 1. The van der Waals surface area contributed by atoms with Gasteiger partial charge in [-0.1, -0.05) is 12.1 Å². The first-order valence-corrected chi connectivity index (χ1v) is 10.2. The summed E-state index contributed by atoms with van der Waals surface area (Å²) in [6.45, 7) is 0. The molecule has 0 N–H and O–H groups in total. The molecule has 0 saturated carbocycles. The minimum atomic E-state index is -4.07. The van der Waals surface area contributed by atoms with Gasteiger partial charge in [-0.25, -0.2) is 27.2 Å². The Hall–Kier alpha value is -3.59. The molecule has 4 rings (SSSR count). The zero-order valence-electron chi connectivity index (χ0n) is 15.7. The summed E-state index contributed by atoms with van der Waals surface area (Å²) in [5, 5.41) is 0.404. The standard InChI is InChI=1S/C21H15F2N3O3S/c1-26(30(27,28)20-5-3-2-4-18(20)23)15-7-9-16(10-8-15)29-21-17-12-14(22)6-11-19(17)24-13-25-21/h2-13H,1H3. The molecular formula is C21H15F2N3O3S. The van der Waals surface area contributed by atoms with Crippen LogP contribution in [0.25, 0.3) is 10.9 Å². The van der Waals surface area contributed by atoms with Gasteiger partial charge in [-0.2, -0.15) is 0 Å². The average molecular weight is 427 g/mol. The topological polar surface area (TPSA) is 72.4 Å². The van der Waals surface area contributed by atoms with Gasteiger partial charge < -0.3 is 4.74 Å². The second-order valence-corrected chi connectivity index (χ2v) is 8.28. The van der Waals surface area contributed by atoms with Crippen molar-refractivity contribution >= 4 is 26.6 Å². The van der Waals surface area contributed by atoms with E-state index in [-0.39, 0.29) is 5.88 Å². The number of fused-ring (bicyclic) bond motifs is 1. The first kappa shape index (κ1) is 19.7. The van der Waals surface area contributed by atoms with Crippen LogP contribution in [0.4, 0.5) is 14.5 Å². The van der Waals surface area contributed by atoms with Crippen molar-refractivity contribution in [1.29, 1.82) is 0 Å². The zero-order chi connectivity index (χ0) is 21.3. The average Bonchev–Trinajstić information content (AvgIpc) is 2.74. The normalized spacial score (nSPS) is 11.4. The van der Waals surface area contributed by atoms with Crippen molar-refractivity contribution < 1.29 is 21.9 Å². The highest BCUT2D eigenvalue weighted by Crippen LogP contribution is 2.30. The van der Waals surface area contributed by atoms with Crippen LogP contribution >= 0.6 is 0 Å². The highest BCUT2D eigenvalue weighted by molar-refractivity contribution is 7.92. The lowest BCUT2D eigenvalue weighted by Gasteiger charge is -2.20. The molecular weight excluding hydrogens is 412 g/mol. The van der Waals surface area contributed by atoms with E-state index in [1.807, 2.05) is 0 Å². The SMILES string of the molecule is CN(c1ccc(Oc2ncnc3ccc(F)cc23)cc1)S(=O)(=O)c1ccccc1F. The monoisotopic (exact) mass is 427 g/mol. The second kappa shape index (κ2) is 7.68. The van der Waals surface area contributed by atoms with Crippen LogP contribution in [-0.2, 0) is 10.0 Å². The van der Waals surface area contributed by atoms with Crippen LogP contribution in [-0.4, -0.2) is 25.4 Å². The molecule has 152 valence electrons. The van der Waals surface area contributed by atoms with E-state index in [4.69, 9.17) is 4.74 Å². The molecule has 3 aromatic carbocycles. The fraction of sp³-hybridized carbons (Fsp3) is 0.0476. The molecule has 0 amide bonds. The minimum Gasteiger partial charge on any atom is -0.438 e. The molecule has 0 aliphatic rings. The maximum atomic E-state index is 14.0. The van der Waals surface area contributed by atoms with E-state index in [0.717, 1.165) is 10.4 Å². The number of anilines is 1. The molecule has 0 fully saturated rings. The number of benzene rings is 3. The van der Waals surface area contributed by atoms with Gasteiger partial charge in [0.1, 0.15) is 28.6 Å². The van der Waals surface area contributed by atoms with Gasteiger partial charge in [-0.15, -0.1) is 0 Å². The third-order valence-electron chi connectivity index (χ3n) is 4.45. The third-order valence-corrected chi connectivity index (χ3v) is 6.27. The van der Waals surface area contributed by atoms with Crippen molar-refractivity contribution in [3.8, 4) is 11.6 Å². The van der Waals surface area contributed by atoms with Crippen molar-refractivity contribution in [2.24, 2.45) is 0 Å². The Kier molecular flexibility index (Phi) is 5.04.